The van der Waals surface area contributed by atoms with Gasteiger partial charge in [-0.05, 0) is 42.8 Å². The lowest BCUT2D eigenvalue weighted by Crippen LogP contribution is -2.14. The van der Waals surface area contributed by atoms with Crippen LogP contribution in [-0.2, 0) is 0 Å². The summed E-state index contributed by atoms with van der Waals surface area (Å²) in [6.45, 7) is 1.75. The van der Waals surface area contributed by atoms with Crippen LogP contribution in [0.1, 0.15) is 26.3 Å². The molecule has 1 N–H and O–H groups in total. The number of aldehydes is 1. The average Bonchev–Trinajstić information content (AvgIpc) is 2.47. The molecule has 0 radical (unpaired) electrons. The van der Waals surface area contributed by atoms with Crippen LogP contribution in [0.4, 0.5) is 11.4 Å². The monoisotopic (exact) mass is 284 g/mol. The van der Waals surface area contributed by atoms with Gasteiger partial charge in [-0.15, -0.1) is 0 Å². The Labute approximate surface area is 120 Å². The zero-order chi connectivity index (χ0) is 15.4. The van der Waals surface area contributed by atoms with Crippen LogP contribution in [0.3, 0.4) is 0 Å². The molecule has 21 heavy (non-hydrogen) atoms. The van der Waals surface area contributed by atoms with E-state index in [1.54, 1.807) is 37.3 Å². The second kappa shape index (κ2) is 5.96. The molecule has 0 heterocycles. The standard InChI is InChI=1S/C15H12N2O4/c1-10-2-7-14(17(20)21)13(8-10)15(19)16-12-5-3-11(9-18)4-6-12/h2-9H,1H3,(H,16,19). The summed E-state index contributed by atoms with van der Waals surface area (Å²) in [6, 6.07) is 10.6. The quantitative estimate of drug-likeness (QED) is 0.531. The molecule has 2 rings (SSSR count). The van der Waals surface area contributed by atoms with Crippen molar-refractivity contribution in [2.24, 2.45) is 0 Å². The van der Waals surface area contributed by atoms with Gasteiger partial charge < -0.3 is 5.32 Å². The highest BCUT2D eigenvalue weighted by molar-refractivity contribution is 6.07. The number of hydrogen-bond acceptors (Lipinski definition) is 4. The molecule has 0 fully saturated rings. The van der Waals surface area contributed by atoms with Gasteiger partial charge in [0.2, 0.25) is 0 Å². The van der Waals surface area contributed by atoms with E-state index in [0.29, 0.717) is 17.5 Å². The highest BCUT2D eigenvalue weighted by Crippen LogP contribution is 2.21. The number of nitrogens with one attached hydrogen (secondary N) is 1. The third-order valence-electron chi connectivity index (χ3n) is 2.90. The predicted octanol–water partition coefficient (Wildman–Crippen LogP) is 2.97. The number of anilines is 1. The van der Waals surface area contributed by atoms with Crippen LogP contribution in [0.5, 0.6) is 0 Å². The third kappa shape index (κ3) is 3.30. The summed E-state index contributed by atoms with van der Waals surface area (Å²) < 4.78 is 0. The summed E-state index contributed by atoms with van der Waals surface area (Å²) in [5.41, 5.74) is 1.44. The second-order valence-electron chi connectivity index (χ2n) is 4.47. The molecule has 0 aromatic heterocycles. The van der Waals surface area contributed by atoms with E-state index in [2.05, 4.69) is 5.32 Å². The number of nitro benzene ring substituents is 1. The fourth-order valence-corrected chi connectivity index (χ4v) is 1.83. The Bertz CT molecular complexity index is 708. The van der Waals surface area contributed by atoms with Crippen molar-refractivity contribution < 1.29 is 14.5 Å². The molecule has 6 heteroatoms. The Hall–Kier alpha value is -3.02. The lowest BCUT2D eigenvalue weighted by atomic mass is 10.1. The van der Waals surface area contributed by atoms with Crippen molar-refractivity contribution >= 4 is 23.6 Å². The normalized spacial score (nSPS) is 9.95. The van der Waals surface area contributed by atoms with E-state index in [4.69, 9.17) is 0 Å². The Balaban J connectivity index is 2.29. The molecule has 2 aromatic rings. The third-order valence-corrected chi connectivity index (χ3v) is 2.90. The number of nitro groups is 1. The van der Waals surface area contributed by atoms with Crippen molar-refractivity contribution in [3.8, 4) is 0 Å². The van der Waals surface area contributed by atoms with Crippen molar-refractivity contribution in [3.05, 3.63) is 69.3 Å². The molecule has 0 aliphatic rings. The van der Waals surface area contributed by atoms with Crippen molar-refractivity contribution in [2.75, 3.05) is 5.32 Å². The molecule has 0 aliphatic carbocycles. The number of carbonyl (C=O) groups is 2. The number of benzene rings is 2. The molecule has 0 bridgehead atoms. The van der Waals surface area contributed by atoms with E-state index >= 15 is 0 Å². The number of carbonyl (C=O) groups excluding carboxylic acids is 2. The van der Waals surface area contributed by atoms with E-state index in [-0.39, 0.29) is 11.3 Å². The fourth-order valence-electron chi connectivity index (χ4n) is 1.83. The summed E-state index contributed by atoms with van der Waals surface area (Å²) in [5, 5.41) is 13.5. The van der Waals surface area contributed by atoms with Gasteiger partial charge in [0, 0.05) is 17.3 Å². The van der Waals surface area contributed by atoms with Crippen LogP contribution in [-0.4, -0.2) is 17.1 Å². The first kappa shape index (κ1) is 14.4. The molecular formula is C15H12N2O4. The maximum absolute atomic E-state index is 12.2. The molecule has 0 aliphatic heterocycles. The zero-order valence-corrected chi connectivity index (χ0v) is 11.2. The second-order valence-corrected chi connectivity index (χ2v) is 4.47. The fraction of sp³-hybridized carbons (Fsp3) is 0.0667. The lowest BCUT2D eigenvalue weighted by Gasteiger charge is -2.07. The maximum atomic E-state index is 12.2. The Morgan fingerprint density at radius 2 is 1.86 bits per heavy atom. The lowest BCUT2D eigenvalue weighted by molar-refractivity contribution is -0.385. The highest BCUT2D eigenvalue weighted by Gasteiger charge is 2.20. The summed E-state index contributed by atoms with van der Waals surface area (Å²) in [4.78, 5) is 33.1. The van der Waals surface area contributed by atoms with Crippen LogP contribution in [0.15, 0.2) is 42.5 Å². The van der Waals surface area contributed by atoms with Crippen LogP contribution >= 0.6 is 0 Å². The molecule has 0 unspecified atom stereocenters. The van der Waals surface area contributed by atoms with Crippen molar-refractivity contribution in [1.29, 1.82) is 0 Å². The van der Waals surface area contributed by atoms with Gasteiger partial charge in [-0.3, -0.25) is 19.7 Å². The summed E-state index contributed by atoms with van der Waals surface area (Å²) >= 11 is 0. The molecule has 2 aromatic carbocycles. The number of rotatable bonds is 4. The SMILES string of the molecule is Cc1ccc([N+](=O)[O-])c(C(=O)Nc2ccc(C=O)cc2)c1. The van der Waals surface area contributed by atoms with Gasteiger partial charge in [0.25, 0.3) is 11.6 Å². The van der Waals surface area contributed by atoms with Crippen molar-refractivity contribution in [1.82, 2.24) is 0 Å². The Morgan fingerprint density at radius 1 is 1.19 bits per heavy atom. The summed E-state index contributed by atoms with van der Waals surface area (Å²) in [5.74, 6) is -0.566. The zero-order valence-electron chi connectivity index (χ0n) is 11.2. The van der Waals surface area contributed by atoms with Gasteiger partial charge in [-0.25, -0.2) is 0 Å². The van der Waals surface area contributed by atoms with Gasteiger partial charge in [0.05, 0.1) is 4.92 Å². The largest absolute Gasteiger partial charge is 0.322 e. The van der Waals surface area contributed by atoms with E-state index in [0.717, 1.165) is 5.56 Å². The minimum Gasteiger partial charge on any atom is -0.322 e. The number of aryl methyl sites for hydroxylation is 1. The van der Waals surface area contributed by atoms with Gasteiger partial charge >= 0.3 is 0 Å². The smallest absolute Gasteiger partial charge is 0.282 e. The summed E-state index contributed by atoms with van der Waals surface area (Å²) in [7, 11) is 0. The highest BCUT2D eigenvalue weighted by atomic mass is 16.6. The molecular weight excluding hydrogens is 272 g/mol. The minimum absolute atomic E-state index is 0.000496. The maximum Gasteiger partial charge on any atom is 0.282 e. The molecule has 6 nitrogen and oxygen atoms in total. The van der Waals surface area contributed by atoms with Gasteiger partial charge in [0.1, 0.15) is 11.8 Å². The van der Waals surface area contributed by atoms with Crippen LogP contribution in [0.2, 0.25) is 0 Å². The van der Waals surface area contributed by atoms with Crippen LogP contribution in [0.25, 0.3) is 0 Å². The molecule has 0 saturated heterocycles. The van der Waals surface area contributed by atoms with E-state index < -0.39 is 10.8 Å². The van der Waals surface area contributed by atoms with Crippen molar-refractivity contribution in [3.63, 3.8) is 0 Å². The van der Waals surface area contributed by atoms with Gasteiger partial charge in [0.15, 0.2) is 0 Å². The van der Waals surface area contributed by atoms with E-state index in [9.17, 15) is 19.7 Å². The van der Waals surface area contributed by atoms with Gasteiger partial charge in [-0.2, -0.15) is 0 Å². The van der Waals surface area contributed by atoms with E-state index in [1.807, 2.05) is 0 Å². The predicted molar refractivity (Wildman–Crippen MR) is 77.6 cm³/mol. The Kier molecular flexibility index (Phi) is 4.08. The number of nitrogens with zero attached hydrogens (tertiary/aromatic N) is 1. The molecule has 0 atom stereocenters. The topological polar surface area (TPSA) is 89.3 Å². The van der Waals surface area contributed by atoms with Crippen LogP contribution < -0.4 is 5.32 Å². The molecule has 0 spiro atoms. The summed E-state index contributed by atoms with van der Waals surface area (Å²) in [6.07, 6.45) is 0.691. The number of amides is 1. The first-order chi connectivity index (χ1) is 10.0. The average molecular weight is 284 g/mol. The Morgan fingerprint density at radius 3 is 2.43 bits per heavy atom. The van der Waals surface area contributed by atoms with Crippen LogP contribution in [0, 0.1) is 17.0 Å². The molecule has 0 saturated carbocycles. The van der Waals surface area contributed by atoms with E-state index in [1.165, 1.54) is 12.1 Å². The van der Waals surface area contributed by atoms with Crippen molar-refractivity contribution in [2.45, 2.75) is 6.92 Å². The first-order valence-electron chi connectivity index (χ1n) is 6.13. The van der Waals surface area contributed by atoms with Gasteiger partial charge in [-0.1, -0.05) is 6.07 Å². The molecule has 1 amide bonds. The molecule has 106 valence electrons. The number of hydrogen-bond donors (Lipinski definition) is 1. The first-order valence-corrected chi connectivity index (χ1v) is 6.13. The minimum atomic E-state index is -0.593.